The number of hydrogen-bond donors (Lipinski definition) is 2. The number of pyridine rings is 1. The van der Waals surface area contributed by atoms with Gasteiger partial charge >= 0.3 is 0 Å². The number of carbonyl (C=O) groups is 1. The van der Waals surface area contributed by atoms with Crippen molar-refractivity contribution in [3.63, 3.8) is 0 Å². The van der Waals surface area contributed by atoms with Crippen LogP contribution in [0.4, 0.5) is 5.69 Å². The lowest BCUT2D eigenvalue weighted by Crippen LogP contribution is -2.36. The Morgan fingerprint density at radius 3 is 2.71 bits per heavy atom. The molecule has 1 aromatic heterocycles. The molecular weight excluding hydrogens is 265 g/mol. The normalized spacial score (nSPS) is 10.8. The topological polar surface area (TPSA) is 77.2 Å². The van der Waals surface area contributed by atoms with Crippen LogP contribution in [0.1, 0.15) is 5.56 Å². The van der Waals surface area contributed by atoms with E-state index in [2.05, 4.69) is 10.3 Å². The predicted molar refractivity (Wildman–Crippen MR) is 72.0 cm³/mol. The van der Waals surface area contributed by atoms with Gasteiger partial charge < -0.3 is 15.8 Å². The Bertz CT molecular complexity index is 346. The summed E-state index contributed by atoms with van der Waals surface area (Å²) < 4.78 is 4.92. The van der Waals surface area contributed by atoms with Crippen molar-refractivity contribution in [3.05, 3.63) is 24.0 Å². The number of aromatic nitrogens is 1. The Morgan fingerprint density at radius 2 is 2.24 bits per heavy atom. The zero-order chi connectivity index (χ0) is 11.3. The Hall–Kier alpha value is -0.880. The highest BCUT2D eigenvalue weighted by atomic mass is 35.5. The summed E-state index contributed by atoms with van der Waals surface area (Å²) in [7, 11) is 1.45. The summed E-state index contributed by atoms with van der Waals surface area (Å²) in [6, 6.07) is 1.73. The van der Waals surface area contributed by atoms with Gasteiger partial charge in [-0.2, -0.15) is 0 Å². The third-order valence-corrected chi connectivity index (χ3v) is 2.07. The highest BCUT2D eigenvalue weighted by molar-refractivity contribution is 5.94. The average molecular weight is 282 g/mol. The Morgan fingerprint density at radius 1 is 1.59 bits per heavy atom. The number of ether oxygens (including phenoxy) is 1. The van der Waals surface area contributed by atoms with Crippen LogP contribution in [0.5, 0.6) is 0 Å². The summed E-state index contributed by atoms with van der Waals surface area (Å²) in [5.74, 6) is -0.241. The predicted octanol–water partition coefficient (Wildman–Crippen LogP) is 1.15. The van der Waals surface area contributed by atoms with Gasteiger partial charge in [-0.25, -0.2) is 0 Å². The standard InChI is InChI=1S/C10H15N3O2.2ClH/c1-7-6-12-4-3-8(7)13-10(14)9(5-11)15-2;;/h3-4,6,9H,5,11H2,1-2H3,(H,12,13,14);2*1H. The Kier molecular flexibility index (Phi) is 9.98. The molecule has 1 rings (SSSR count). The number of nitrogens with two attached hydrogens (primary N) is 1. The van der Waals surface area contributed by atoms with Gasteiger partial charge in [0.15, 0.2) is 0 Å². The first-order valence-electron chi connectivity index (χ1n) is 4.63. The van der Waals surface area contributed by atoms with Crippen molar-refractivity contribution in [3.8, 4) is 0 Å². The largest absolute Gasteiger partial charge is 0.370 e. The number of hydrogen-bond acceptors (Lipinski definition) is 4. The number of rotatable bonds is 4. The van der Waals surface area contributed by atoms with E-state index < -0.39 is 6.10 Å². The summed E-state index contributed by atoms with van der Waals surface area (Å²) in [6.45, 7) is 2.03. The van der Waals surface area contributed by atoms with Crippen molar-refractivity contribution in [1.82, 2.24) is 4.98 Å². The summed E-state index contributed by atoms with van der Waals surface area (Å²) in [5.41, 5.74) is 7.01. The van der Waals surface area contributed by atoms with Gasteiger partial charge in [0.1, 0.15) is 6.10 Å². The SMILES string of the molecule is COC(CN)C(=O)Nc1ccncc1C.Cl.Cl. The molecule has 0 saturated carbocycles. The molecule has 17 heavy (non-hydrogen) atoms. The Labute approximate surface area is 113 Å². The van der Waals surface area contributed by atoms with Gasteiger partial charge in [-0.3, -0.25) is 9.78 Å². The molecule has 0 saturated heterocycles. The third-order valence-electron chi connectivity index (χ3n) is 2.07. The zero-order valence-electron chi connectivity index (χ0n) is 9.67. The molecule has 0 aliphatic heterocycles. The van der Waals surface area contributed by atoms with Gasteiger partial charge in [-0.15, -0.1) is 24.8 Å². The maximum atomic E-state index is 11.6. The van der Waals surface area contributed by atoms with E-state index in [9.17, 15) is 4.79 Å². The summed E-state index contributed by atoms with van der Waals surface area (Å²) >= 11 is 0. The van der Waals surface area contributed by atoms with Crippen LogP contribution in [0, 0.1) is 6.92 Å². The van der Waals surface area contributed by atoms with Gasteiger partial charge in [-0.1, -0.05) is 0 Å². The molecule has 98 valence electrons. The molecule has 1 aromatic rings. The molecular formula is C10H17Cl2N3O2. The molecule has 1 atom stereocenters. The molecule has 1 unspecified atom stereocenters. The zero-order valence-corrected chi connectivity index (χ0v) is 11.3. The number of anilines is 1. The fourth-order valence-corrected chi connectivity index (χ4v) is 1.14. The quantitative estimate of drug-likeness (QED) is 0.868. The fourth-order valence-electron chi connectivity index (χ4n) is 1.14. The maximum Gasteiger partial charge on any atom is 0.254 e. The van der Waals surface area contributed by atoms with Gasteiger partial charge in [0.25, 0.3) is 5.91 Å². The van der Waals surface area contributed by atoms with Crippen LogP contribution in [0.25, 0.3) is 0 Å². The van der Waals surface area contributed by atoms with Crippen LogP contribution in [0.15, 0.2) is 18.5 Å². The van der Waals surface area contributed by atoms with E-state index in [1.165, 1.54) is 7.11 Å². The summed E-state index contributed by atoms with van der Waals surface area (Å²) in [6.07, 6.45) is 2.68. The number of amides is 1. The van der Waals surface area contributed by atoms with E-state index in [-0.39, 0.29) is 37.3 Å². The molecule has 5 nitrogen and oxygen atoms in total. The number of halogens is 2. The summed E-state index contributed by atoms with van der Waals surface area (Å²) in [5, 5.41) is 2.73. The minimum atomic E-state index is -0.613. The van der Waals surface area contributed by atoms with Crippen molar-refractivity contribution in [1.29, 1.82) is 0 Å². The minimum Gasteiger partial charge on any atom is -0.370 e. The van der Waals surface area contributed by atoms with E-state index in [1.54, 1.807) is 18.5 Å². The van der Waals surface area contributed by atoms with E-state index in [0.717, 1.165) is 11.3 Å². The van der Waals surface area contributed by atoms with Crippen LogP contribution < -0.4 is 11.1 Å². The first-order chi connectivity index (χ1) is 7.19. The lowest BCUT2D eigenvalue weighted by Gasteiger charge is -2.13. The number of methoxy groups -OCH3 is 1. The molecule has 0 bridgehead atoms. The molecule has 1 heterocycles. The second-order valence-corrected chi connectivity index (χ2v) is 3.14. The smallest absolute Gasteiger partial charge is 0.254 e. The van der Waals surface area contributed by atoms with E-state index >= 15 is 0 Å². The van der Waals surface area contributed by atoms with Crippen molar-refractivity contribution < 1.29 is 9.53 Å². The van der Waals surface area contributed by atoms with Crippen molar-refractivity contribution in [2.45, 2.75) is 13.0 Å². The van der Waals surface area contributed by atoms with Crippen LogP contribution in [0.2, 0.25) is 0 Å². The molecule has 0 radical (unpaired) electrons. The molecule has 0 aromatic carbocycles. The van der Waals surface area contributed by atoms with Crippen molar-refractivity contribution in [2.75, 3.05) is 19.0 Å². The lowest BCUT2D eigenvalue weighted by atomic mass is 10.2. The monoisotopic (exact) mass is 281 g/mol. The van der Waals surface area contributed by atoms with E-state index in [0.29, 0.717) is 0 Å². The molecule has 0 aliphatic carbocycles. The number of nitrogens with zero attached hydrogens (tertiary/aromatic N) is 1. The number of nitrogens with one attached hydrogen (secondary N) is 1. The minimum absolute atomic E-state index is 0. The van der Waals surface area contributed by atoms with Crippen molar-refractivity contribution in [2.24, 2.45) is 5.73 Å². The van der Waals surface area contributed by atoms with Gasteiger partial charge in [0, 0.05) is 31.7 Å². The molecule has 0 spiro atoms. The molecule has 3 N–H and O–H groups in total. The molecule has 0 aliphatic rings. The van der Waals surface area contributed by atoms with Gasteiger partial charge in [-0.05, 0) is 18.6 Å². The average Bonchev–Trinajstić information content (AvgIpc) is 2.23. The fraction of sp³-hybridized carbons (Fsp3) is 0.400. The van der Waals surface area contributed by atoms with Crippen molar-refractivity contribution >= 4 is 36.4 Å². The number of carbonyl (C=O) groups excluding carboxylic acids is 1. The van der Waals surface area contributed by atoms with E-state index in [1.807, 2.05) is 6.92 Å². The first-order valence-corrected chi connectivity index (χ1v) is 4.63. The van der Waals surface area contributed by atoms with Crippen LogP contribution in [0.3, 0.4) is 0 Å². The first kappa shape index (κ1) is 18.5. The summed E-state index contributed by atoms with van der Waals surface area (Å²) in [4.78, 5) is 15.5. The second-order valence-electron chi connectivity index (χ2n) is 3.14. The highest BCUT2D eigenvalue weighted by Crippen LogP contribution is 2.11. The molecule has 1 amide bonds. The van der Waals surface area contributed by atoms with E-state index in [4.69, 9.17) is 10.5 Å². The van der Waals surface area contributed by atoms with Gasteiger partial charge in [0.05, 0.1) is 0 Å². The highest BCUT2D eigenvalue weighted by Gasteiger charge is 2.16. The lowest BCUT2D eigenvalue weighted by molar-refractivity contribution is -0.125. The Balaban J connectivity index is 0. The third kappa shape index (κ3) is 5.32. The molecule has 7 heteroatoms. The van der Waals surface area contributed by atoms with Crippen LogP contribution in [-0.4, -0.2) is 30.6 Å². The van der Waals surface area contributed by atoms with Crippen LogP contribution in [-0.2, 0) is 9.53 Å². The molecule has 0 fully saturated rings. The van der Waals surface area contributed by atoms with Crippen LogP contribution >= 0.6 is 24.8 Å². The maximum absolute atomic E-state index is 11.6. The number of aryl methyl sites for hydroxylation is 1. The van der Waals surface area contributed by atoms with Gasteiger partial charge in [0.2, 0.25) is 0 Å². The second kappa shape index (κ2) is 9.18.